The molecule has 0 bridgehead atoms. The van der Waals surface area contributed by atoms with Crippen molar-refractivity contribution in [2.45, 2.75) is 6.54 Å². The summed E-state index contributed by atoms with van der Waals surface area (Å²) < 4.78 is 1.36. The standard InChI is InChI=1S/C14H13NS2/c1-15-9-12-3-5-14(17-12)10-2-4-13-11(8-10)6-7-16-13/h2-8,15H,9H2,1H3. The number of benzene rings is 1. The molecule has 0 amide bonds. The second-order valence-electron chi connectivity index (χ2n) is 3.97. The Balaban J connectivity index is 2.00. The third-order valence-electron chi connectivity index (χ3n) is 2.75. The maximum absolute atomic E-state index is 3.19. The fourth-order valence-electron chi connectivity index (χ4n) is 1.92. The fourth-order valence-corrected chi connectivity index (χ4v) is 3.71. The first-order chi connectivity index (χ1) is 8.36. The molecule has 0 atom stereocenters. The fraction of sp³-hybridized carbons (Fsp3) is 0.143. The van der Waals surface area contributed by atoms with E-state index in [0.717, 1.165) is 6.54 Å². The van der Waals surface area contributed by atoms with Gasteiger partial charge in [-0.1, -0.05) is 6.07 Å². The molecule has 2 aromatic heterocycles. The number of thiophene rings is 2. The van der Waals surface area contributed by atoms with Gasteiger partial charge in [0.25, 0.3) is 0 Å². The van der Waals surface area contributed by atoms with Crippen LogP contribution in [0.1, 0.15) is 4.88 Å². The Labute approximate surface area is 109 Å². The highest BCUT2D eigenvalue weighted by Crippen LogP contribution is 2.31. The Morgan fingerprint density at radius 1 is 1.12 bits per heavy atom. The van der Waals surface area contributed by atoms with Gasteiger partial charge in [0.2, 0.25) is 0 Å². The largest absolute Gasteiger partial charge is 0.315 e. The van der Waals surface area contributed by atoms with Crippen molar-refractivity contribution in [3.8, 4) is 10.4 Å². The van der Waals surface area contributed by atoms with Crippen LogP contribution in [0.3, 0.4) is 0 Å². The van der Waals surface area contributed by atoms with E-state index in [1.54, 1.807) is 11.3 Å². The van der Waals surface area contributed by atoms with Crippen LogP contribution in [0.2, 0.25) is 0 Å². The molecule has 0 spiro atoms. The molecule has 0 unspecified atom stereocenters. The lowest BCUT2D eigenvalue weighted by atomic mass is 10.1. The van der Waals surface area contributed by atoms with Crippen LogP contribution >= 0.6 is 22.7 Å². The predicted octanol–water partition coefficient (Wildman–Crippen LogP) is 4.35. The van der Waals surface area contributed by atoms with Crippen LogP contribution in [0.15, 0.2) is 41.8 Å². The molecule has 0 fully saturated rings. The van der Waals surface area contributed by atoms with Crippen LogP contribution in [0.25, 0.3) is 20.5 Å². The summed E-state index contributed by atoms with van der Waals surface area (Å²) in [7, 11) is 1.98. The third-order valence-corrected chi connectivity index (χ3v) is 4.78. The molecule has 1 aromatic carbocycles. The lowest BCUT2D eigenvalue weighted by Crippen LogP contribution is -2.02. The van der Waals surface area contributed by atoms with Crippen molar-refractivity contribution in [2.75, 3.05) is 7.05 Å². The second-order valence-corrected chi connectivity index (χ2v) is 6.09. The minimum Gasteiger partial charge on any atom is -0.315 e. The van der Waals surface area contributed by atoms with E-state index in [1.165, 1.54) is 25.4 Å². The molecule has 3 heteroatoms. The molecule has 3 rings (SSSR count). The van der Waals surface area contributed by atoms with Gasteiger partial charge in [0.1, 0.15) is 0 Å². The minimum absolute atomic E-state index is 0.950. The van der Waals surface area contributed by atoms with E-state index in [-0.39, 0.29) is 0 Å². The van der Waals surface area contributed by atoms with Crippen LogP contribution < -0.4 is 5.32 Å². The van der Waals surface area contributed by atoms with Gasteiger partial charge in [-0.2, -0.15) is 0 Å². The second kappa shape index (κ2) is 4.61. The smallest absolute Gasteiger partial charge is 0.0346 e. The van der Waals surface area contributed by atoms with Crippen molar-refractivity contribution in [1.82, 2.24) is 5.32 Å². The maximum Gasteiger partial charge on any atom is 0.0346 e. The number of hydrogen-bond donors (Lipinski definition) is 1. The van der Waals surface area contributed by atoms with Gasteiger partial charge in [-0.3, -0.25) is 0 Å². The van der Waals surface area contributed by atoms with Crippen molar-refractivity contribution >= 4 is 32.8 Å². The molecular formula is C14H13NS2. The van der Waals surface area contributed by atoms with E-state index >= 15 is 0 Å². The van der Waals surface area contributed by atoms with Gasteiger partial charge in [-0.15, -0.1) is 22.7 Å². The molecule has 2 heterocycles. The van der Waals surface area contributed by atoms with Gasteiger partial charge in [-0.05, 0) is 53.7 Å². The Hall–Kier alpha value is -1.16. The van der Waals surface area contributed by atoms with E-state index in [9.17, 15) is 0 Å². The highest BCUT2D eigenvalue weighted by atomic mass is 32.1. The van der Waals surface area contributed by atoms with Gasteiger partial charge in [0.05, 0.1) is 0 Å². The first-order valence-electron chi connectivity index (χ1n) is 5.58. The first-order valence-corrected chi connectivity index (χ1v) is 7.27. The number of hydrogen-bond acceptors (Lipinski definition) is 3. The zero-order valence-corrected chi connectivity index (χ0v) is 11.2. The summed E-state index contributed by atoms with van der Waals surface area (Å²) in [5, 5.41) is 6.68. The van der Waals surface area contributed by atoms with Crippen LogP contribution in [-0.4, -0.2) is 7.05 Å². The Kier molecular flexibility index (Phi) is 2.97. The van der Waals surface area contributed by atoms with Gasteiger partial charge < -0.3 is 5.32 Å². The van der Waals surface area contributed by atoms with E-state index in [2.05, 4.69) is 47.1 Å². The number of nitrogens with one attached hydrogen (secondary N) is 1. The summed E-state index contributed by atoms with van der Waals surface area (Å²) in [5.41, 5.74) is 1.32. The van der Waals surface area contributed by atoms with Crippen molar-refractivity contribution in [3.05, 3.63) is 46.7 Å². The molecule has 3 aromatic rings. The molecular weight excluding hydrogens is 246 g/mol. The number of rotatable bonds is 3. The van der Waals surface area contributed by atoms with Gasteiger partial charge in [0.15, 0.2) is 0 Å². The highest BCUT2D eigenvalue weighted by Gasteiger charge is 2.04. The zero-order valence-electron chi connectivity index (χ0n) is 9.57. The summed E-state index contributed by atoms with van der Waals surface area (Å²) in [4.78, 5) is 2.73. The van der Waals surface area contributed by atoms with Gasteiger partial charge in [0, 0.05) is 21.0 Å². The van der Waals surface area contributed by atoms with Crippen molar-refractivity contribution in [1.29, 1.82) is 0 Å². The predicted molar refractivity (Wildman–Crippen MR) is 77.9 cm³/mol. The van der Waals surface area contributed by atoms with E-state index in [4.69, 9.17) is 0 Å². The quantitative estimate of drug-likeness (QED) is 0.737. The average Bonchev–Trinajstić information content (AvgIpc) is 2.96. The average molecular weight is 259 g/mol. The summed E-state index contributed by atoms with van der Waals surface area (Å²) in [5.74, 6) is 0. The molecule has 0 saturated heterocycles. The van der Waals surface area contributed by atoms with Crippen LogP contribution in [0.4, 0.5) is 0 Å². The molecule has 17 heavy (non-hydrogen) atoms. The van der Waals surface area contributed by atoms with E-state index < -0.39 is 0 Å². The molecule has 0 radical (unpaired) electrons. The Morgan fingerprint density at radius 3 is 2.94 bits per heavy atom. The Bertz CT molecular complexity index is 636. The summed E-state index contributed by atoms with van der Waals surface area (Å²) in [6, 6.07) is 13.3. The SMILES string of the molecule is CNCc1ccc(-c2ccc3sccc3c2)s1. The zero-order chi connectivity index (χ0) is 11.7. The van der Waals surface area contributed by atoms with Gasteiger partial charge in [-0.25, -0.2) is 0 Å². The molecule has 0 aliphatic carbocycles. The van der Waals surface area contributed by atoms with E-state index in [1.807, 2.05) is 18.4 Å². The topological polar surface area (TPSA) is 12.0 Å². The maximum atomic E-state index is 3.19. The van der Waals surface area contributed by atoms with Crippen LogP contribution in [0, 0.1) is 0 Å². The van der Waals surface area contributed by atoms with E-state index in [0.29, 0.717) is 0 Å². The molecule has 1 N–H and O–H groups in total. The minimum atomic E-state index is 0.950. The number of fused-ring (bicyclic) bond motifs is 1. The van der Waals surface area contributed by atoms with Crippen molar-refractivity contribution in [2.24, 2.45) is 0 Å². The Morgan fingerprint density at radius 2 is 2.06 bits per heavy atom. The molecule has 0 aliphatic rings. The monoisotopic (exact) mass is 259 g/mol. The van der Waals surface area contributed by atoms with Crippen LogP contribution in [0.5, 0.6) is 0 Å². The molecule has 86 valence electrons. The summed E-state index contributed by atoms with van der Waals surface area (Å²) in [6.45, 7) is 0.950. The first kappa shape index (κ1) is 11.0. The lowest BCUT2D eigenvalue weighted by molar-refractivity contribution is 0.831. The van der Waals surface area contributed by atoms with Crippen molar-refractivity contribution in [3.63, 3.8) is 0 Å². The third kappa shape index (κ3) is 2.14. The lowest BCUT2D eigenvalue weighted by Gasteiger charge is -1.98. The summed E-state index contributed by atoms with van der Waals surface area (Å²) >= 11 is 3.66. The highest BCUT2D eigenvalue weighted by molar-refractivity contribution is 7.17. The normalized spacial score (nSPS) is 11.1. The summed E-state index contributed by atoms with van der Waals surface area (Å²) in [6.07, 6.45) is 0. The molecule has 0 aliphatic heterocycles. The molecule has 0 saturated carbocycles. The molecule has 1 nitrogen and oxygen atoms in total. The van der Waals surface area contributed by atoms with Gasteiger partial charge >= 0.3 is 0 Å². The van der Waals surface area contributed by atoms with Crippen LogP contribution in [-0.2, 0) is 6.54 Å². The van der Waals surface area contributed by atoms with Crippen molar-refractivity contribution < 1.29 is 0 Å².